The highest BCUT2D eigenvalue weighted by Crippen LogP contribution is 2.30. The number of carbonyl (C=O) groups is 2. The molecule has 2 atom stereocenters. The second kappa shape index (κ2) is 13.4. The van der Waals surface area contributed by atoms with Crippen LogP contribution in [0.4, 0.5) is 16.2 Å². The molecule has 3 aromatic rings. The molecule has 0 aliphatic carbocycles. The second-order valence-electron chi connectivity index (χ2n) is 10.6. The van der Waals surface area contributed by atoms with Gasteiger partial charge < -0.3 is 30.3 Å². The predicted molar refractivity (Wildman–Crippen MR) is 158 cm³/mol. The molecule has 1 aliphatic heterocycles. The lowest BCUT2D eigenvalue weighted by atomic mass is 10.0. The number of anilines is 2. The van der Waals surface area contributed by atoms with Gasteiger partial charge in [0.25, 0.3) is 0 Å². The number of pyridine rings is 1. The number of para-hydroxylation sites is 1. The van der Waals surface area contributed by atoms with E-state index in [-0.39, 0.29) is 5.92 Å². The van der Waals surface area contributed by atoms with Crippen LogP contribution in [0.3, 0.4) is 0 Å². The van der Waals surface area contributed by atoms with Crippen LogP contribution in [-0.2, 0) is 4.79 Å². The molecule has 4 rings (SSSR count). The lowest BCUT2D eigenvalue weighted by Crippen LogP contribution is -2.50. The lowest BCUT2D eigenvalue weighted by molar-refractivity contribution is -0.110. The highest BCUT2D eigenvalue weighted by Gasteiger charge is 2.24. The summed E-state index contributed by atoms with van der Waals surface area (Å²) in [7, 11) is 4.19. The molecule has 3 N–H and O–H groups in total. The number of hydrogen-bond donors (Lipinski definition) is 3. The number of benzene rings is 2. The molecule has 1 unspecified atom stereocenters. The quantitative estimate of drug-likeness (QED) is 0.239. The number of fused-ring (bicyclic) bond motifs is 1. The van der Waals surface area contributed by atoms with Crippen molar-refractivity contribution in [1.29, 1.82) is 0 Å². The van der Waals surface area contributed by atoms with E-state index >= 15 is 0 Å². The first-order chi connectivity index (χ1) is 18.8. The average molecular weight is 533 g/mol. The maximum atomic E-state index is 11.3. The Labute approximate surface area is 230 Å². The van der Waals surface area contributed by atoms with E-state index in [1.807, 2.05) is 13.0 Å². The Morgan fingerprint density at radius 2 is 1.82 bits per heavy atom. The molecule has 1 aromatic heterocycles. The van der Waals surface area contributed by atoms with E-state index in [0.29, 0.717) is 12.8 Å². The molecule has 2 aromatic carbocycles. The fourth-order valence-corrected chi connectivity index (χ4v) is 5.09. The van der Waals surface area contributed by atoms with E-state index in [1.165, 1.54) is 5.69 Å². The molecule has 208 valence electrons. The van der Waals surface area contributed by atoms with Crippen LogP contribution in [0.2, 0.25) is 0 Å². The van der Waals surface area contributed by atoms with Gasteiger partial charge in [0.05, 0.1) is 17.3 Å². The van der Waals surface area contributed by atoms with E-state index in [1.54, 1.807) is 0 Å². The zero-order chi connectivity index (χ0) is 27.8. The number of nitrogens with zero attached hydrogens (tertiary/aromatic N) is 4. The normalized spacial score (nSPS) is 15.7. The summed E-state index contributed by atoms with van der Waals surface area (Å²) < 4.78 is 0. The highest BCUT2D eigenvalue weighted by atomic mass is 16.4. The van der Waals surface area contributed by atoms with Gasteiger partial charge in [-0.2, -0.15) is 0 Å². The standard InChI is InChI=1S/C30H40N6O3/c1-22(29(21-37)33-30(38)39)20-35-15-17-36(18-16-35)24-11-9-23(10-12-24)27-19-28(31-13-6-14-34(2)3)25-7-4-5-8-26(25)32-27/h4-5,7-12,19,21-22,29,33H,6,13-18,20H2,1-3H3,(H,31,32)(H,38,39)/t22-,29?/m1/s1. The van der Waals surface area contributed by atoms with Crippen molar-refractivity contribution in [3.63, 3.8) is 0 Å². The van der Waals surface area contributed by atoms with E-state index in [4.69, 9.17) is 10.1 Å². The van der Waals surface area contributed by atoms with Gasteiger partial charge in [0.2, 0.25) is 0 Å². The molecule has 9 heteroatoms. The topological polar surface area (TPSA) is 101 Å². The van der Waals surface area contributed by atoms with Gasteiger partial charge in [0.15, 0.2) is 0 Å². The first-order valence-corrected chi connectivity index (χ1v) is 13.6. The largest absolute Gasteiger partial charge is 0.465 e. The molecule has 1 aliphatic rings. The summed E-state index contributed by atoms with van der Waals surface area (Å²) in [6.07, 6.45) is 0.584. The number of nitrogens with one attached hydrogen (secondary N) is 2. The molecule has 1 amide bonds. The molecule has 1 saturated heterocycles. The SMILES string of the molecule is C[C@H](CN1CCN(c2ccc(-c3cc(NCCCN(C)C)c4ccccc4n3)cc2)CC1)C(C=O)NC(=O)O. The van der Waals surface area contributed by atoms with Gasteiger partial charge in [-0.05, 0) is 57.2 Å². The van der Waals surface area contributed by atoms with E-state index in [9.17, 15) is 9.59 Å². The Morgan fingerprint density at radius 3 is 2.49 bits per heavy atom. The van der Waals surface area contributed by atoms with Crippen molar-refractivity contribution in [2.45, 2.75) is 19.4 Å². The number of aromatic nitrogens is 1. The smallest absolute Gasteiger partial charge is 0.405 e. The van der Waals surface area contributed by atoms with Gasteiger partial charge in [-0.1, -0.05) is 37.3 Å². The Hall–Kier alpha value is -3.69. The Morgan fingerprint density at radius 1 is 1.10 bits per heavy atom. The van der Waals surface area contributed by atoms with Crippen molar-refractivity contribution in [1.82, 2.24) is 20.1 Å². The molecular formula is C30H40N6O3. The van der Waals surface area contributed by atoms with Crippen molar-refractivity contribution in [3.05, 3.63) is 54.6 Å². The zero-order valence-corrected chi connectivity index (χ0v) is 23.1. The average Bonchev–Trinajstić information content (AvgIpc) is 2.94. The van der Waals surface area contributed by atoms with E-state index in [2.05, 4.69) is 88.0 Å². The second-order valence-corrected chi connectivity index (χ2v) is 10.6. The molecule has 39 heavy (non-hydrogen) atoms. The number of piperazine rings is 1. The third-order valence-electron chi connectivity index (χ3n) is 7.31. The number of carboxylic acid groups (broad SMARTS) is 1. The van der Waals surface area contributed by atoms with Crippen molar-refractivity contribution in [3.8, 4) is 11.3 Å². The fourth-order valence-electron chi connectivity index (χ4n) is 5.09. The van der Waals surface area contributed by atoms with Crippen LogP contribution in [0.1, 0.15) is 13.3 Å². The lowest BCUT2D eigenvalue weighted by Gasteiger charge is -2.37. The summed E-state index contributed by atoms with van der Waals surface area (Å²) >= 11 is 0. The molecule has 0 saturated carbocycles. The van der Waals surface area contributed by atoms with Crippen LogP contribution in [-0.4, -0.2) is 98.2 Å². The Bertz CT molecular complexity index is 1240. The van der Waals surface area contributed by atoms with Crippen molar-refractivity contribution in [2.24, 2.45) is 5.92 Å². The number of carbonyl (C=O) groups excluding carboxylic acids is 1. The molecule has 9 nitrogen and oxygen atoms in total. The minimum absolute atomic E-state index is 0.0914. The third-order valence-corrected chi connectivity index (χ3v) is 7.31. The van der Waals surface area contributed by atoms with Crippen LogP contribution < -0.4 is 15.5 Å². The van der Waals surface area contributed by atoms with Gasteiger partial charge in [-0.3, -0.25) is 4.90 Å². The summed E-state index contributed by atoms with van der Waals surface area (Å²) in [4.78, 5) is 34.0. The molecule has 0 radical (unpaired) electrons. The van der Waals surface area contributed by atoms with Crippen LogP contribution in [0, 0.1) is 5.92 Å². The van der Waals surface area contributed by atoms with Crippen molar-refractivity contribution < 1.29 is 14.7 Å². The highest BCUT2D eigenvalue weighted by molar-refractivity contribution is 5.93. The maximum absolute atomic E-state index is 11.3. The molecular weight excluding hydrogens is 492 g/mol. The molecule has 1 fully saturated rings. The van der Waals surface area contributed by atoms with Crippen LogP contribution in [0.25, 0.3) is 22.2 Å². The number of rotatable bonds is 12. The van der Waals surface area contributed by atoms with Crippen molar-refractivity contribution in [2.75, 3.05) is 70.1 Å². The zero-order valence-electron chi connectivity index (χ0n) is 23.1. The number of aldehydes is 1. The van der Waals surface area contributed by atoms with Crippen LogP contribution >= 0.6 is 0 Å². The van der Waals surface area contributed by atoms with E-state index in [0.717, 1.165) is 73.5 Å². The number of hydrogen-bond acceptors (Lipinski definition) is 7. The van der Waals surface area contributed by atoms with Gasteiger partial charge >= 0.3 is 6.09 Å². The Kier molecular flexibility index (Phi) is 9.73. The summed E-state index contributed by atoms with van der Waals surface area (Å²) in [6, 6.07) is 18.3. The van der Waals surface area contributed by atoms with Gasteiger partial charge in [-0.25, -0.2) is 9.78 Å². The first kappa shape index (κ1) is 28.3. The summed E-state index contributed by atoms with van der Waals surface area (Å²) in [5.41, 5.74) is 5.30. The third kappa shape index (κ3) is 7.68. The fraction of sp³-hybridized carbons (Fsp3) is 0.433. The van der Waals surface area contributed by atoms with Gasteiger partial charge in [0.1, 0.15) is 6.29 Å². The van der Waals surface area contributed by atoms with Crippen LogP contribution in [0.5, 0.6) is 0 Å². The predicted octanol–water partition coefficient (Wildman–Crippen LogP) is 3.86. The van der Waals surface area contributed by atoms with Crippen molar-refractivity contribution >= 4 is 34.7 Å². The molecule has 0 spiro atoms. The van der Waals surface area contributed by atoms with Gasteiger partial charge in [0, 0.05) is 61.6 Å². The molecule has 2 heterocycles. The van der Waals surface area contributed by atoms with E-state index < -0.39 is 12.1 Å². The maximum Gasteiger partial charge on any atom is 0.405 e. The minimum Gasteiger partial charge on any atom is -0.465 e. The molecule has 0 bridgehead atoms. The van der Waals surface area contributed by atoms with Gasteiger partial charge in [-0.15, -0.1) is 0 Å². The van der Waals surface area contributed by atoms with Crippen LogP contribution in [0.15, 0.2) is 54.6 Å². The summed E-state index contributed by atoms with van der Waals surface area (Å²) in [5, 5.41) is 16.0. The first-order valence-electron chi connectivity index (χ1n) is 13.6. The number of amides is 1. The Balaban J connectivity index is 1.39. The monoisotopic (exact) mass is 532 g/mol. The minimum atomic E-state index is -1.17. The summed E-state index contributed by atoms with van der Waals surface area (Å²) in [5.74, 6) is -0.0914. The summed E-state index contributed by atoms with van der Waals surface area (Å²) in [6.45, 7) is 8.00.